The van der Waals surface area contributed by atoms with E-state index in [2.05, 4.69) is 49.1 Å². The maximum atomic E-state index is 5.58. The monoisotopic (exact) mass is 508 g/mol. The first kappa shape index (κ1) is 21.6. The number of guanidine groups is 1. The summed E-state index contributed by atoms with van der Waals surface area (Å²) in [5, 5.41) is 3.68. The highest BCUT2D eigenvalue weighted by Gasteiger charge is 2.53. The topological polar surface area (TPSA) is 65.9 Å². The van der Waals surface area contributed by atoms with Crippen LogP contribution in [0.5, 0.6) is 5.75 Å². The third-order valence-corrected chi connectivity index (χ3v) is 5.89. The second kappa shape index (κ2) is 9.15. The molecule has 1 saturated carbocycles. The summed E-state index contributed by atoms with van der Waals surface area (Å²) in [6.07, 6.45) is 4.66. The molecule has 2 unspecified atom stereocenters. The van der Waals surface area contributed by atoms with Crippen LogP contribution in [-0.2, 0) is 5.41 Å². The van der Waals surface area contributed by atoms with Gasteiger partial charge in [-0.25, -0.2) is 9.97 Å². The zero-order chi connectivity index (χ0) is 19.6. The summed E-state index contributed by atoms with van der Waals surface area (Å²) in [7, 11) is 3.60. The third-order valence-electron chi connectivity index (χ3n) is 5.89. The lowest BCUT2D eigenvalue weighted by Crippen LogP contribution is -2.53. The lowest BCUT2D eigenvalue weighted by Gasteiger charge is -2.36. The van der Waals surface area contributed by atoms with Crippen molar-refractivity contribution in [3.8, 4) is 5.75 Å². The molecule has 2 heterocycles. The first-order valence-corrected chi connectivity index (χ1v) is 9.79. The van der Waals surface area contributed by atoms with Crippen LogP contribution in [0.15, 0.2) is 47.7 Å². The van der Waals surface area contributed by atoms with Gasteiger partial charge in [0.15, 0.2) is 5.96 Å². The van der Waals surface area contributed by atoms with Crippen molar-refractivity contribution in [2.75, 3.05) is 45.2 Å². The Morgan fingerprint density at radius 2 is 1.83 bits per heavy atom. The Balaban J connectivity index is 0.00000240. The number of para-hydroxylation sites is 1. The maximum Gasteiger partial charge on any atom is 0.225 e. The molecule has 1 N–H and O–H groups in total. The predicted molar refractivity (Wildman–Crippen MR) is 126 cm³/mol. The lowest BCUT2D eigenvalue weighted by molar-refractivity contribution is 0.368. The van der Waals surface area contributed by atoms with E-state index >= 15 is 0 Å². The van der Waals surface area contributed by atoms with Gasteiger partial charge in [0.25, 0.3) is 0 Å². The van der Waals surface area contributed by atoms with Crippen molar-refractivity contribution in [1.29, 1.82) is 0 Å². The van der Waals surface area contributed by atoms with Gasteiger partial charge in [-0.2, -0.15) is 0 Å². The number of hydrogen-bond acceptors (Lipinski definition) is 5. The van der Waals surface area contributed by atoms with Gasteiger partial charge in [0.2, 0.25) is 5.95 Å². The molecule has 0 radical (unpaired) electrons. The molecule has 1 aliphatic carbocycles. The van der Waals surface area contributed by atoms with E-state index in [1.807, 2.05) is 25.2 Å². The number of halogens is 1. The number of nitrogens with zero attached hydrogens (tertiary/aromatic N) is 5. The Bertz CT molecular complexity index is 840. The SMILES string of the molecule is CN=C(NC1CC1(C)c1ccccc1OC)N1CCN(c2ncccn2)CC1.I. The maximum absolute atomic E-state index is 5.58. The Kier molecular flexibility index (Phi) is 6.81. The highest BCUT2D eigenvalue weighted by Crippen LogP contribution is 2.51. The van der Waals surface area contributed by atoms with Gasteiger partial charge >= 0.3 is 0 Å². The molecule has 1 aliphatic heterocycles. The molecule has 1 saturated heterocycles. The van der Waals surface area contributed by atoms with E-state index < -0.39 is 0 Å². The first-order chi connectivity index (χ1) is 13.7. The molecule has 7 nitrogen and oxygen atoms in total. The van der Waals surface area contributed by atoms with Gasteiger partial charge in [-0.15, -0.1) is 24.0 Å². The molecule has 2 fully saturated rings. The fourth-order valence-electron chi connectivity index (χ4n) is 4.02. The van der Waals surface area contributed by atoms with Crippen LogP contribution in [0.2, 0.25) is 0 Å². The van der Waals surface area contributed by atoms with Crippen LogP contribution >= 0.6 is 24.0 Å². The minimum atomic E-state index is 0. The number of benzene rings is 1. The van der Waals surface area contributed by atoms with E-state index in [0.717, 1.165) is 50.3 Å². The molecule has 2 atom stereocenters. The zero-order valence-electron chi connectivity index (χ0n) is 17.2. The highest BCUT2D eigenvalue weighted by atomic mass is 127. The molecule has 29 heavy (non-hydrogen) atoms. The van der Waals surface area contributed by atoms with Crippen LogP contribution in [0.4, 0.5) is 5.95 Å². The molecular formula is C21H29IN6O. The van der Waals surface area contributed by atoms with Gasteiger partial charge in [0.1, 0.15) is 5.75 Å². The minimum Gasteiger partial charge on any atom is -0.496 e. The fourth-order valence-corrected chi connectivity index (χ4v) is 4.02. The minimum absolute atomic E-state index is 0. The van der Waals surface area contributed by atoms with Crippen molar-refractivity contribution in [2.24, 2.45) is 4.99 Å². The van der Waals surface area contributed by atoms with Gasteiger partial charge in [-0.05, 0) is 18.6 Å². The highest BCUT2D eigenvalue weighted by molar-refractivity contribution is 14.0. The molecule has 2 aliphatic rings. The van der Waals surface area contributed by atoms with Crippen molar-refractivity contribution in [3.05, 3.63) is 48.3 Å². The summed E-state index contributed by atoms with van der Waals surface area (Å²) < 4.78 is 5.58. The number of piperazine rings is 1. The quantitative estimate of drug-likeness (QED) is 0.389. The summed E-state index contributed by atoms with van der Waals surface area (Å²) >= 11 is 0. The molecule has 4 rings (SSSR count). The number of nitrogens with one attached hydrogen (secondary N) is 1. The van der Waals surface area contributed by atoms with Gasteiger partial charge in [0, 0.05) is 62.6 Å². The summed E-state index contributed by atoms with van der Waals surface area (Å²) in [6.45, 7) is 5.87. The van der Waals surface area contributed by atoms with E-state index in [1.54, 1.807) is 19.5 Å². The Labute approximate surface area is 189 Å². The summed E-state index contributed by atoms with van der Waals surface area (Å²) in [6, 6.07) is 10.5. The third kappa shape index (κ3) is 4.41. The van der Waals surface area contributed by atoms with Crippen molar-refractivity contribution in [1.82, 2.24) is 20.2 Å². The molecule has 0 bridgehead atoms. The second-order valence-corrected chi connectivity index (χ2v) is 7.59. The second-order valence-electron chi connectivity index (χ2n) is 7.59. The molecule has 1 aromatic carbocycles. The van der Waals surface area contributed by atoms with Crippen LogP contribution in [0.25, 0.3) is 0 Å². The molecule has 1 aromatic heterocycles. The number of hydrogen-bond donors (Lipinski definition) is 1. The Hall–Kier alpha value is -2.10. The molecule has 156 valence electrons. The van der Waals surface area contributed by atoms with E-state index in [0.29, 0.717) is 6.04 Å². The lowest BCUT2D eigenvalue weighted by atomic mass is 9.96. The number of rotatable bonds is 4. The first-order valence-electron chi connectivity index (χ1n) is 9.79. The molecule has 8 heteroatoms. The number of aliphatic imine (C=N–C) groups is 1. The van der Waals surface area contributed by atoms with E-state index in [-0.39, 0.29) is 29.4 Å². The van der Waals surface area contributed by atoms with Crippen LogP contribution in [-0.4, -0.2) is 67.2 Å². The number of methoxy groups -OCH3 is 1. The Morgan fingerprint density at radius 3 is 2.48 bits per heavy atom. The normalized spacial score (nSPS) is 24.0. The number of anilines is 1. The van der Waals surface area contributed by atoms with Crippen LogP contribution in [0.1, 0.15) is 18.9 Å². The summed E-state index contributed by atoms with van der Waals surface area (Å²) in [4.78, 5) is 17.8. The van der Waals surface area contributed by atoms with E-state index in [4.69, 9.17) is 4.74 Å². The zero-order valence-corrected chi connectivity index (χ0v) is 19.5. The van der Waals surface area contributed by atoms with Gasteiger partial charge in [-0.3, -0.25) is 4.99 Å². The predicted octanol–water partition coefficient (Wildman–Crippen LogP) is 2.53. The van der Waals surface area contributed by atoms with Crippen LogP contribution in [0, 0.1) is 0 Å². The largest absolute Gasteiger partial charge is 0.496 e. The molecule has 0 amide bonds. The van der Waals surface area contributed by atoms with Crippen molar-refractivity contribution in [3.63, 3.8) is 0 Å². The van der Waals surface area contributed by atoms with Gasteiger partial charge in [0.05, 0.1) is 7.11 Å². The van der Waals surface area contributed by atoms with Crippen LogP contribution < -0.4 is 15.0 Å². The Morgan fingerprint density at radius 1 is 1.14 bits per heavy atom. The van der Waals surface area contributed by atoms with E-state index in [9.17, 15) is 0 Å². The molecule has 0 spiro atoms. The standard InChI is InChI=1S/C21H28N6O.HI/c1-21(16-7-4-5-8-17(16)28-3)15-18(21)25-19(22-2)26-11-13-27(14-12-26)20-23-9-6-10-24-20;/h4-10,18H,11-15H2,1-3H3,(H,22,25);1H. The van der Waals surface area contributed by atoms with Gasteiger partial charge < -0.3 is 19.9 Å². The van der Waals surface area contributed by atoms with Crippen molar-refractivity contribution >= 4 is 35.9 Å². The molecular weight excluding hydrogens is 479 g/mol. The summed E-state index contributed by atoms with van der Waals surface area (Å²) in [5.41, 5.74) is 1.33. The number of ether oxygens (including phenoxy) is 1. The smallest absolute Gasteiger partial charge is 0.225 e. The number of aromatic nitrogens is 2. The van der Waals surface area contributed by atoms with E-state index in [1.165, 1.54) is 5.56 Å². The van der Waals surface area contributed by atoms with Crippen molar-refractivity contribution in [2.45, 2.75) is 24.8 Å². The average Bonchev–Trinajstić information content (AvgIpc) is 3.43. The van der Waals surface area contributed by atoms with Gasteiger partial charge in [-0.1, -0.05) is 25.1 Å². The van der Waals surface area contributed by atoms with Crippen LogP contribution in [0.3, 0.4) is 0 Å². The molecule has 2 aromatic rings. The van der Waals surface area contributed by atoms with Crippen molar-refractivity contribution < 1.29 is 4.74 Å². The summed E-state index contributed by atoms with van der Waals surface area (Å²) in [5.74, 6) is 2.73. The average molecular weight is 508 g/mol. The fraction of sp³-hybridized carbons (Fsp3) is 0.476.